The highest BCUT2D eigenvalue weighted by Gasteiger charge is 2.22. The number of carbonyl (C=O) groups is 1. The second-order valence-corrected chi connectivity index (χ2v) is 9.01. The fourth-order valence-corrected chi connectivity index (χ4v) is 4.52. The van der Waals surface area contributed by atoms with Crippen molar-refractivity contribution >= 4 is 21.7 Å². The van der Waals surface area contributed by atoms with Gasteiger partial charge in [0.15, 0.2) is 9.84 Å². The number of benzene rings is 1. The van der Waals surface area contributed by atoms with E-state index in [0.717, 1.165) is 29.5 Å². The van der Waals surface area contributed by atoms with Crippen LogP contribution in [-0.4, -0.2) is 37.2 Å². The summed E-state index contributed by atoms with van der Waals surface area (Å²) in [6, 6.07) is 10.2. The number of amides is 2. The smallest absolute Gasteiger partial charge is 0.320 e. The molecular weight excluding hydrogens is 388 g/mol. The first-order valence-corrected chi connectivity index (χ1v) is 11.0. The lowest BCUT2D eigenvalue weighted by atomic mass is 9.99. The number of aromatic nitrogens is 2. The summed E-state index contributed by atoms with van der Waals surface area (Å²) in [4.78, 5) is 22.2. The molecule has 2 N–H and O–H groups in total. The van der Waals surface area contributed by atoms with Crippen LogP contribution in [0.4, 0.5) is 10.6 Å². The Morgan fingerprint density at radius 2 is 1.79 bits per heavy atom. The van der Waals surface area contributed by atoms with Gasteiger partial charge in [0, 0.05) is 53.6 Å². The Labute approximate surface area is 169 Å². The highest BCUT2D eigenvalue weighted by molar-refractivity contribution is 7.90. The molecule has 1 aromatic carbocycles. The van der Waals surface area contributed by atoms with Gasteiger partial charge in [-0.15, -0.1) is 0 Å². The second kappa shape index (κ2) is 7.29. The summed E-state index contributed by atoms with van der Waals surface area (Å²) in [5.74, 6) is 0.596. The van der Waals surface area contributed by atoms with Crippen LogP contribution in [0.2, 0.25) is 0 Å². The molecule has 0 bridgehead atoms. The van der Waals surface area contributed by atoms with Crippen LogP contribution in [0.3, 0.4) is 0 Å². The Hall–Kier alpha value is -3.26. The van der Waals surface area contributed by atoms with Gasteiger partial charge in [-0.05, 0) is 36.6 Å². The van der Waals surface area contributed by atoms with Crippen LogP contribution in [0.15, 0.2) is 59.9 Å². The number of fused-ring (bicyclic) bond motifs is 1. The third-order valence-corrected chi connectivity index (χ3v) is 6.12. The minimum Gasteiger partial charge on any atom is -0.351 e. The van der Waals surface area contributed by atoms with Gasteiger partial charge < -0.3 is 5.73 Å². The number of sulfone groups is 1. The number of anilines is 1. The molecule has 7 nitrogen and oxygen atoms in total. The van der Waals surface area contributed by atoms with Crippen LogP contribution in [0.1, 0.15) is 12.0 Å². The van der Waals surface area contributed by atoms with E-state index in [2.05, 4.69) is 9.97 Å². The number of hydrogen-bond acceptors (Lipinski definition) is 5. The molecule has 0 unspecified atom stereocenters. The van der Waals surface area contributed by atoms with E-state index in [1.807, 2.05) is 12.1 Å². The number of hydrogen-bond donors (Lipinski definition) is 1. The molecule has 2 aromatic heterocycles. The van der Waals surface area contributed by atoms with Crippen LogP contribution in [0.5, 0.6) is 0 Å². The summed E-state index contributed by atoms with van der Waals surface area (Å²) in [7, 11) is -3.37. The van der Waals surface area contributed by atoms with E-state index in [1.54, 1.807) is 42.9 Å². The van der Waals surface area contributed by atoms with Gasteiger partial charge in [0.2, 0.25) is 0 Å². The van der Waals surface area contributed by atoms with Gasteiger partial charge in [0.1, 0.15) is 5.82 Å². The van der Waals surface area contributed by atoms with Crippen molar-refractivity contribution < 1.29 is 13.2 Å². The molecule has 148 valence electrons. The summed E-state index contributed by atoms with van der Waals surface area (Å²) < 4.78 is 24.3. The maximum absolute atomic E-state index is 12.2. The minimum atomic E-state index is -3.37. The van der Waals surface area contributed by atoms with Crippen LogP contribution in [0.25, 0.3) is 22.3 Å². The maximum atomic E-state index is 12.2. The fraction of sp³-hybridized carbons (Fsp3) is 0.190. The zero-order valence-electron chi connectivity index (χ0n) is 15.9. The average molecular weight is 408 g/mol. The molecular formula is C21H20N4O3S. The highest BCUT2D eigenvalue weighted by atomic mass is 32.2. The lowest BCUT2D eigenvalue weighted by molar-refractivity contribution is 0.253. The standard InChI is InChI=1S/C21H20N4O3S/c1-29(27,28)19-7-3-2-6-18(19)17-10-15(11-23-12-17)16-9-14-5-4-8-25(21(22)26)20(14)24-13-16/h2-3,6-7,9-13H,4-5,8H2,1H3,(H2,22,26). The molecule has 1 aliphatic heterocycles. The van der Waals surface area contributed by atoms with E-state index in [4.69, 9.17) is 5.73 Å². The Morgan fingerprint density at radius 3 is 2.55 bits per heavy atom. The summed E-state index contributed by atoms with van der Waals surface area (Å²) in [5, 5.41) is 0. The first-order chi connectivity index (χ1) is 13.8. The first-order valence-electron chi connectivity index (χ1n) is 9.15. The minimum absolute atomic E-state index is 0.264. The molecule has 1 aliphatic rings. The second-order valence-electron chi connectivity index (χ2n) is 7.03. The van der Waals surface area contributed by atoms with Crippen molar-refractivity contribution in [2.75, 3.05) is 17.7 Å². The summed E-state index contributed by atoms with van der Waals surface area (Å²) >= 11 is 0. The molecule has 0 aliphatic carbocycles. The molecule has 0 spiro atoms. The highest BCUT2D eigenvalue weighted by Crippen LogP contribution is 2.32. The predicted octanol–water partition coefficient (Wildman–Crippen LogP) is 3.05. The van der Waals surface area contributed by atoms with Crippen molar-refractivity contribution in [1.82, 2.24) is 9.97 Å². The average Bonchev–Trinajstić information content (AvgIpc) is 2.72. The van der Waals surface area contributed by atoms with Gasteiger partial charge >= 0.3 is 6.03 Å². The van der Waals surface area contributed by atoms with Crippen LogP contribution < -0.4 is 10.6 Å². The quantitative estimate of drug-likeness (QED) is 0.717. The van der Waals surface area contributed by atoms with Crippen LogP contribution in [-0.2, 0) is 16.3 Å². The van der Waals surface area contributed by atoms with Crippen molar-refractivity contribution in [3.05, 3.63) is 60.6 Å². The van der Waals surface area contributed by atoms with Crippen LogP contribution >= 0.6 is 0 Å². The molecule has 0 saturated heterocycles. The first kappa shape index (κ1) is 19.1. The topological polar surface area (TPSA) is 106 Å². The Bertz CT molecular complexity index is 1210. The van der Waals surface area contributed by atoms with Gasteiger partial charge in [-0.3, -0.25) is 9.88 Å². The SMILES string of the molecule is CS(=O)(=O)c1ccccc1-c1cncc(-c2cnc3c(c2)CCCN3C(N)=O)c1. The number of carbonyl (C=O) groups excluding carboxylic acids is 1. The van der Waals surface area contributed by atoms with Crippen LogP contribution in [0, 0.1) is 0 Å². The molecule has 3 heterocycles. The molecule has 2 amide bonds. The molecule has 8 heteroatoms. The van der Waals surface area contributed by atoms with E-state index in [1.165, 1.54) is 11.2 Å². The lowest BCUT2D eigenvalue weighted by Gasteiger charge is -2.26. The number of nitrogens with zero attached hydrogens (tertiary/aromatic N) is 3. The zero-order chi connectivity index (χ0) is 20.6. The third-order valence-electron chi connectivity index (χ3n) is 4.96. The maximum Gasteiger partial charge on any atom is 0.320 e. The molecule has 0 saturated carbocycles. The van der Waals surface area contributed by atoms with E-state index in [0.29, 0.717) is 23.5 Å². The molecule has 4 rings (SSSR count). The lowest BCUT2D eigenvalue weighted by Crippen LogP contribution is -2.40. The molecule has 29 heavy (non-hydrogen) atoms. The van der Waals surface area contributed by atoms with Gasteiger partial charge in [-0.25, -0.2) is 18.2 Å². The monoisotopic (exact) mass is 408 g/mol. The predicted molar refractivity (Wildman–Crippen MR) is 111 cm³/mol. The van der Waals surface area contributed by atoms with Crippen molar-refractivity contribution in [1.29, 1.82) is 0 Å². The number of pyridine rings is 2. The molecule has 3 aromatic rings. The van der Waals surface area contributed by atoms with E-state index >= 15 is 0 Å². The third kappa shape index (κ3) is 3.71. The van der Waals surface area contributed by atoms with Crippen molar-refractivity contribution in [3.63, 3.8) is 0 Å². The van der Waals surface area contributed by atoms with Gasteiger partial charge in [-0.1, -0.05) is 18.2 Å². The van der Waals surface area contributed by atoms with Gasteiger partial charge in [0.25, 0.3) is 0 Å². The Kier molecular flexibility index (Phi) is 4.79. The van der Waals surface area contributed by atoms with E-state index < -0.39 is 15.9 Å². The fourth-order valence-electron chi connectivity index (χ4n) is 3.61. The van der Waals surface area contributed by atoms with Crippen molar-refractivity contribution in [3.8, 4) is 22.3 Å². The molecule has 0 fully saturated rings. The Balaban J connectivity index is 1.77. The Morgan fingerprint density at radius 1 is 1.07 bits per heavy atom. The molecule has 0 atom stereocenters. The largest absolute Gasteiger partial charge is 0.351 e. The number of rotatable bonds is 3. The number of primary amides is 1. The number of aryl methyl sites for hydroxylation is 1. The number of urea groups is 1. The van der Waals surface area contributed by atoms with Crippen molar-refractivity contribution in [2.24, 2.45) is 5.73 Å². The molecule has 0 radical (unpaired) electrons. The van der Waals surface area contributed by atoms with Gasteiger partial charge in [-0.2, -0.15) is 0 Å². The zero-order valence-corrected chi connectivity index (χ0v) is 16.7. The van der Waals surface area contributed by atoms with E-state index in [-0.39, 0.29) is 4.90 Å². The number of nitrogens with two attached hydrogens (primary N) is 1. The summed E-state index contributed by atoms with van der Waals surface area (Å²) in [6.07, 6.45) is 7.87. The van der Waals surface area contributed by atoms with Crippen molar-refractivity contribution in [2.45, 2.75) is 17.7 Å². The van der Waals surface area contributed by atoms with E-state index in [9.17, 15) is 13.2 Å². The summed E-state index contributed by atoms with van der Waals surface area (Å²) in [5.41, 5.74) is 9.39. The van der Waals surface area contributed by atoms with Gasteiger partial charge in [0.05, 0.1) is 4.90 Å². The summed E-state index contributed by atoms with van der Waals surface area (Å²) in [6.45, 7) is 0.563. The normalized spacial score (nSPS) is 13.8.